The molecule has 1 heterocycles. The summed E-state index contributed by atoms with van der Waals surface area (Å²) >= 11 is 0. The van der Waals surface area contributed by atoms with E-state index >= 15 is 0 Å². The number of piperidine rings is 1. The molecule has 29 heavy (non-hydrogen) atoms. The molecule has 1 saturated carbocycles. The Morgan fingerprint density at radius 2 is 1.93 bits per heavy atom. The van der Waals surface area contributed by atoms with Crippen LogP contribution in [0.5, 0.6) is 11.5 Å². The molecule has 1 aliphatic carbocycles. The smallest absolute Gasteiger partial charge is 0.127 e. The summed E-state index contributed by atoms with van der Waals surface area (Å²) in [7, 11) is 3.32. The third-order valence-corrected chi connectivity index (χ3v) is 6.76. The van der Waals surface area contributed by atoms with E-state index in [1.165, 1.54) is 6.07 Å². The molecule has 0 radical (unpaired) electrons. The van der Waals surface area contributed by atoms with Crippen molar-refractivity contribution in [1.82, 2.24) is 4.90 Å². The number of aliphatic hydroxyl groups is 1. The quantitative estimate of drug-likeness (QED) is 0.791. The molecule has 3 atom stereocenters. The summed E-state index contributed by atoms with van der Waals surface area (Å²) in [6, 6.07) is 12.7. The Kier molecular flexibility index (Phi) is 5.79. The number of likely N-dealkylation sites (tertiary alicyclic amines) is 1. The van der Waals surface area contributed by atoms with Crippen molar-refractivity contribution in [3.05, 3.63) is 59.4 Å². The molecular formula is C24H30FNO3. The Bertz CT molecular complexity index is 858. The van der Waals surface area contributed by atoms with Crippen LogP contribution in [0, 0.1) is 11.7 Å². The van der Waals surface area contributed by atoms with Gasteiger partial charge in [0.2, 0.25) is 0 Å². The number of ether oxygens (including phenoxy) is 2. The SMILES string of the molecule is COc1ccc(OC)c([C@H]2[C@H]3CCCC[C@@]3(O)CCN2Cc2ccccc2F)c1. The Morgan fingerprint density at radius 3 is 2.69 bits per heavy atom. The number of hydrogen-bond donors (Lipinski definition) is 1. The van der Waals surface area contributed by atoms with Crippen LogP contribution in [0.15, 0.2) is 42.5 Å². The zero-order chi connectivity index (χ0) is 20.4. The predicted octanol–water partition coefficient (Wildman–Crippen LogP) is 4.71. The minimum atomic E-state index is -0.678. The Labute approximate surface area is 172 Å². The van der Waals surface area contributed by atoms with E-state index in [1.54, 1.807) is 20.3 Å². The van der Waals surface area contributed by atoms with Crippen molar-refractivity contribution in [3.8, 4) is 11.5 Å². The first-order valence-electron chi connectivity index (χ1n) is 10.5. The normalized spacial score (nSPS) is 27.3. The average molecular weight is 400 g/mol. The maximum Gasteiger partial charge on any atom is 0.127 e. The van der Waals surface area contributed by atoms with Crippen molar-refractivity contribution in [1.29, 1.82) is 0 Å². The number of nitrogens with zero attached hydrogens (tertiary/aromatic N) is 1. The van der Waals surface area contributed by atoms with E-state index in [0.717, 1.165) is 49.2 Å². The molecule has 2 aromatic carbocycles. The maximum atomic E-state index is 14.4. The van der Waals surface area contributed by atoms with Crippen LogP contribution in [0.1, 0.15) is 49.3 Å². The van der Waals surface area contributed by atoms with Crippen molar-refractivity contribution in [2.24, 2.45) is 5.92 Å². The van der Waals surface area contributed by atoms with Gasteiger partial charge in [-0.3, -0.25) is 4.90 Å². The van der Waals surface area contributed by atoms with E-state index in [2.05, 4.69) is 4.90 Å². The lowest BCUT2D eigenvalue weighted by Gasteiger charge is -2.53. The van der Waals surface area contributed by atoms with Gasteiger partial charge in [-0.2, -0.15) is 0 Å². The van der Waals surface area contributed by atoms with Gasteiger partial charge in [0.05, 0.1) is 19.8 Å². The molecule has 2 aliphatic rings. The first-order valence-corrected chi connectivity index (χ1v) is 10.5. The van der Waals surface area contributed by atoms with Crippen LogP contribution in [-0.4, -0.2) is 36.4 Å². The van der Waals surface area contributed by atoms with Gasteiger partial charge >= 0.3 is 0 Å². The van der Waals surface area contributed by atoms with Gasteiger partial charge in [0.15, 0.2) is 0 Å². The fourth-order valence-corrected chi connectivity index (χ4v) is 5.25. The van der Waals surface area contributed by atoms with E-state index in [1.807, 2.05) is 30.3 Å². The first kappa shape index (κ1) is 20.2. The number of fused-ring (bicyclic) bond motifs is 1. The van der Waals surface area contributed by atoms with Gasteiger partial charge in [0.25, 0.3) is 0 Å². The molecule has 1 aliphatic heterocycles. The highest BCUT2D eigenvalue weighted by Crippen LogP contribution is 2.51. The average Bonchev–Trinajstić information content (AvgIpc) is 2.74. The number of benzene rings is 2. The fourth-order valence-electron chi connectivity index (χ4n) is 5.25. The Hall–Kier alpha value is -2.11. The minimum absolute atomic E-state index is 0.0568. The van der Waals surface area contributed by atoms with Gasteiger partial charge in [-0.1, -0.05) is 31.0 Å². The minimum Gasteiger partial charge on any atom is -0.497 e. The van der Waals surface area contributed by atoms with Crippen LogP contribution in [0.2, 0.25) is 0 Å². The molecule has 5 heteroatoms. The number of methoxy groups -OCH3 is 2. The van der Waals surface area contributed by atoms with Crippen molar-refractivity contribution < 1.29 is 19.0 Å². The van der Waals surface area contributed by atoms with Crippen molar-refractivity contribution in [3.63, 3.8) is 0 Å². The maximum absolute atomic E-state index is 14.4. The van der Waals surface area contributed by atoms with Gasteiger partial charge in [-0.05, 0) is 43.5 Å². The van der Waals surface area contributed by atoms with Crippen molar-refractivity contribution in [2.75, 3.05) is 20.8 Å². The number of halogens is 1. The molecule has 0 amide bonds. The highest BCUT2D eigenvalue weighted by atomic mass is 19.1. The zero-order valence-electron chi connectivity index (χ0n) is 17.2. The summed E-state index contributed by atoms with van der Waals surface area (Å²) in [5, 5.41) is 11.5. The summed E-state index contributed by atoms with van der Waals surface area (Å²) in [6.07, 6.45) is 4.66. The van der Waals surface area contributed by atoms with Crippen molar-refractivity contribution in [2.45, 2.75) is 50.3 Å². The molecule has 4 nitrogen and oxygen atoms in total. The summed E-state index contributed by atoms with van der Waals surface area (Å²) < 4.78 is 25.6. The second kappa shape index (κ2) is 8.33. The highest BCUT2D eigenvalue weighted by molar-refractivity contribution is 5.43. The van der Waals surface area contributed by atoms with E-state index in [9.17, 15) is 9.50 Å². The first-order chi connectivity index (χ1) is 14.1. The van der Waals surface area contributed by atoms with E-state index in [4.69, 9.17) is 9.47 Å². The van der Waals surface area contributed by atoms with Gasteiger partial charge < -0.3 is 14.6 Å². The molecule has 156 valence electrons. The third-order valence-electron chi connectivity index (χ3n) is 6.76. The van der Waals surface area contributed by atoms with E-state index < -0.39 is 5.60 Å². The summed E-state index contributed by atoms with van der Waals surface area (Å²) in [5.41, 5.74) is 1.01. The molecule has 0 spiro atoms. The van der Waals surface area contributed by atoms with E-state index in [0.29, 0.717) is 18.7 Å². The second-order valence-corrected chi connectivity index (χ2v) is 8.32. The molecule has 2 fully saturated rings. The molecule has 2 aromatic rings. The van der Waals surface area contributed by atoms with Gasteiger partial charge in [-0.25, -0.2) is 4.39 Å². The molecule has 0 aromatic heterocycles. The van der Waals surface area contributed by atoms with Crippen LogP contribution in [-0.2, 0) is 6.54 Å². The Balaban J connectivity index is 1.78. The van der Waals surface area contributed by atoms with Crippen LogP contribution < -0.4 is 9.47 Å². The lowest BCUT2D eigenvalue weighted by Crippen LogP contribution is -2.54. The third kappa shape index (κ3) is 3.86. The van der Waals surface area contributed by atoms with Crippen LogP contribution in [0.4, 0.5) is 4.39 Å². The standard InChI is InChI=1S/C24H30FNO3/c1-28-18-10-11-22(29-2)19(15-18)23-20-8-5-6-12-24(20,27)13-14-26(23)16-17-7-3-4-9-21(17)25/h3-4,7,9-11,15,20,23,27H,5-6,8,12-14,16H2,1-2H3/t20-,23+,24-/m1/s1. The summed E-state index contributed by atoms with van der Waals surface area (Å²) in [6.45, 7) is 1.22. The van der Waals surface area contributed by atoms with Crippen LogP contribution in [0.25, 0.3) is 0 Å². The van der Waals surface area contributed by atoms with Crippen LogP contribution >= 0.6 is 0 Å². The van der Waals surface area contributed by atoms with Gasteiger partial charge in [-0.15, -0.1) is 0 Å². The second-order valence-electron chi connectivity index (χ2n) is 8.32. The van der Waals surface area contributed by atoms with Gasteiger partial charge in [0.1, 0.15) is 17.3 Å². The lowest BCUT2D eigenvalue weighted by molar-refractivity contribution is -0.126. The van der Waals surface area contributed by atoms with Crippen LogP contribution in [0.3, 0.4) is 0 Å². The largest absolute Gasteiger partial charge is 0.497 e. The highest BCUT2D eigenvalue weighted by Gasteiger charge is 2.49. The molecular weight excluding hydrogens is 369 g/mol. The molecule has 0 bridgehead atoms. The number of hydrogen-bond acceptors (Lipinski definition) is 4. The molecule has 0 unspecified atom stereocenters. The predicted molar refractivity (Wildman–Crippen MR) is 111 cm³/mol. The van der Waals surface area contributed by atoms with E-state index in [-0.39, 0.29) is 17.8 Å². The Morgan fingerprint density at radius 1 is 1.10 bits per heavy atom. The topological polar surface area (TPSA) is 41.9 Å². The summed E-state index contributed by atoms with van der Waals surface area (Å²) in [5.74, 6) is 1.44. The molecule has 4 rings (SSSR count). The van der Waals surface area contributed by atoms with Crippen molar-refractivity contribution >= 4 is 0 Å². The lowest BCUT2D eigenvalue weighted by atomic mass is 9.66. The molecule has 1 N–H and O–H groups in total. The molecule has 1 saturated heterocycles. The van der Waals surface area contributed by atoms with Gasteiger partial charge in [0, 0.05) is 36.2 Å². The number of rotatable bonds is 5. The summed E-state index contributed by atoms with van der Waals surface area (Å²) in [4.78, 5) is 2.31. The monoisotopic (exact) mass is 399 g/mol. The zero-order valence-corrected chi connectivity index (χ0v) is 17.2. The fraction of sp³-hybridized carbons (Fsp3) is 0.500.